The Balaban J connectivity index is 1.92. The molecule has 1 aromatic carbocycles. The summed E-state index contributed by atoms with van der Waals surface area (Å²) in [5, 5.41) is 5.10. The van der Waals surface area contributed by atoms with Crippen LogP contribution in [0, 0.1) is 13.8 Å². The third-order valence-electron chi connectivity index (χ3n) is 4.13. The SMILES string of the molecule is Cc1nn(Cc2ccc(Cl)cc2)c(C)c1S(=O)(=O)N1CCOCC1. The third kappa shape index (κ3) is 3.35. The molecule has 0 N–H and O–H groups in total. The van der Waals surface area contributed by atoms with Crippen LogP contribution in [0.5, 0.6) is 0 Å². The average Bonchev–Trinajstić information content (AvgIpc) is 2.85. The quantitative estimate of drug-likeness (QED) is 0.829. The molecule has 1 aliphatic heterocycles. The first-order chi connectivity index (χ1) is 11.4. The van der Waals surface area contributed by atoms with Gasteiger partial charge in [-0.05, 0) is 31.5 Å². The predicted molar refractivity (Wildman–Crippen MR) is 91.8 cm³/mol. The maximum Gasteiger partial charge on any atom is 0.246 e. The number of aromatic nitrogens is 2. The lowest BCUT2D eigenvalue weighted by atomic mass is 10.2. The Morgan fingerprint density at radius 3 is 2.42 bits per heavy atom. The predicted octanol–water partition coefficient (Wildman–Crippen LogP) is 2.22. The van der Waals surface area contributed by atoms with Gasteiger partial charge in [-0.1, -0.05) is 23.7 Å². The lowest BCUT2D eigenvalue weighted by Gasteiger charge is -2.26. The summed E-state index contributed by atoms with van der Waals surface area (Å²) in [7, 11) is -3.55. The molecule has 0 unspecified atom stereocenters. The van der Waals surface area contributed by atoms with Crippen LogP contribution in [0.15, 0.2) is 29.2 Å². The molecule has 2 aromatic rings. The van der Waals surface area contributed by atoms with Gasteiger partial charge < -0.3 is 4.74 Å². The number of nitrogens with zero attached hydrogens (tertiary/aromatic N) is 3. The van der Waals surface area contributed by atoms with E-state index in [9.17, 15) is 8.42 Å². The largest absolute Gasteiger partial charge is 0.379 e. The van der Waals surface area contributed by atoms with Crippen LogP contribution in [0.3, 0.4) is 0 Å². The minimum absolute atomic E-state index is 0.304. The second-order valence-corrected chi connectivity index (χ2v) is 8.11. The highest BCUT2D eigenvalue weighted by Gasteiger charge is 2.31. The summed E-state index contributed by atoms with van der Waals surface area (Å²) in [6, 6.07) is 7.45. The van der Waals surface area contributed by atoms with E-state index in [1.165, 1.54) is 4.31 Å². The highest BCUT2D eigenvalue weighted by Crippen LogP contribution is 2.25. The zero-order valence-electron chi connectivity index (χ0n) is 13.7. The first kappa shape index (κ1) is 17.4. The Labute approximate surface area is 147 Å². The second-order valence-electron chi connectivity index (χ2n) is 5.80. The molecular formula is C16H20ClN3O3S. The normalized spacial score (nSPS) is 16.5. The first-order valence-electron chi connectivity index (χ1n) is 7.76. The summed E-state index contributed by atoms with van der Waals surface area (Å²) < 4.78 is 34.3. The molecule has 0 radical (unpaired) electrons. The van der Waals surface area contributed by atoms with Crippen LogP contribution < -0.4 is 0 Å². The van der Waals surface area contributed by atoms with E-state index in [-0.39, 0.29) is 0 Å². The van der Waals surface area contributed by atoms with Gasteiger partial charge in [0.25, 0.3) is 0 Å². The molecule has 0 atom stereocenters. The minimum atomic E-state index is -3.55. The second kappa shape index (κ2) is 6.84. The van der Waals surface area contributed by atoms with Crippen molar-refractivity contribution in [3.05, 3.63) is 46.2 Å². The van der Waals surface area contributed by atoms with Crippen molar-refractivity contribution in [1.29, 1.82) is 0 Å². The Bertz CT molecular complexity index is 825. The Kier molecular flexibility index (Phi) is 4.96. The molecular weight excluding hydrogens is 350 g/mol. The molecule has 0 aliphatic carbocycles. The number of benzene rings is 1. The van der Waals surface area contributed by atoms with Crippen LogP contribution in [0.1, 0.15) is 17.0 Å². The van der Waals surface area contributed by atoms with Gasteiger partial charge in [-0.2, -0.15) is 9.40 Å². The van der Waals surface area contributed by atoms with Crippen LogP contribution in [0.2, 0.25) is 5.02 Å². The van der Waals surface area contributed by atoms with Crippen molar-refractivity contribution in [1.82, 2.24) is 14.1 Å². The first-order valence-corrected chi connectivity index (χ1v) is 9.58. The molecule has 1 saturated heterocycles. The van der Waals surface area contributed by atoms with E-state index >= 15 is 0 Å². The highest BCUT2D eigenvalue weighted by molar-refractivity contribution is 7.89. The van der Waals surface area contributed by atoms with Crippen LogP contribution in [0.4, 0.5) is 0 Å². The number of halogens is 1. The molecule has 2 heterocycles. The molecule has 0 spiro atoms. The van der Waals surface area contributed by atoms with Crippen LogP contribution in [-0.4, -0.2) is 48.8 Å². The van der Waals surface area contributed by atoms with Crippen molar-refractivity contribution in [2.45, 2.75) is 25.3 Å². The topological polar surface area (TPSA) is 64.4 Å². The van der Waals surface area contributed by atoms with Gasteiger partial charge in [0, 0.05) is 18.1 Å². The zero-order valence-corrected chi connectivity index (χ0v) is 15.3. The van der Waals surface area contributed by atoms with Gasteiger partial charge in [0.2, 0.25) is 10.0 Å². The zero-order chi connectivity index (χ0) is 17.3. The van der Waals surface area contributed by atoms with Crippen molar-refractivity contribution in [2.75, 3.05) is 26.3 Å². The number of ether oxygens (including phenoxy) is 1. The lowest BCUT2D eigenvalue weighted by Crippen LogP contribution is -2.41. The summed E-state index contributed by atoms with van der Waals surface area (Å²) in [6.45, 7) is 5.64. The maximum absolute atomic E-state index is 12.9. The van der Waals surface area contributed by atoms with E-state index in [2.05, 4.69) is 5.10 Å². The van der Waals surface area contributed by atoms with Crippen molar-refractivity contribution < 1.29 is 13.2 Å². The van der Waals surface area contributed by atoms with Gasteiger partial charge in [-0.25, -0.2) is 8.42 Å². The maximum atomic E-state index is 12.9. The molecule has 1 aliphatic rings. The molecule has 6 nitrogen and oxygen atoms in total. The number of aryl methyl sites for hydroxylation is 1. The number of hydrogen-bond donors (Lipinski definition) is 0. The van der Waals surface area contributed by atoms with Gasteiger partial charge >= 0.3 is 0 Å². The lowest BCUT2D eigenvalue weighted by molar-refractivity contribution is 0.0730. The van der Waals surface area contributed by atoms with E-state index in [0.29, 0.717) is 54.2 Å². The number of sulfonamides is 1. The monoisotopic (exact) mass is 369 g/mol. The molecule has 0 amide bonds. The van der Waals surface area contributed by atoms with Gasteiger partial charge in [0.05, 0.1) is 31.1 Å². The Morgan fingerprint density at radius 2 is 1.79 bits per heavy atom. The third-order valence-corrected chi connectivity index (χ3v) is 6.53. The van der Waals surface area contributed by atoms with Crippen molar-refractivity contribution in [2.24, 2.45) is 0 Å². The summed E-state index contributed by atoms with van der Waals surface area (Å²) >= 11 is 5.90. The van der Waals surface area contributed by atoms with Gasteiger partial charge in [-0.3, -0.25) is 4.68 Å². The summed E-state index contributed by atoms with van der Waals surface area (Å²) in [5.41, 5.74) is 2.18. The smallest absolute Gasteiger partial charge is 0.246 e. The van der Waals surface area contributed by atoms with Gasteiger partial charge in [0.15, 0.2) is 0 Å². The van der Waals surface area contributed by atoms with E-state index in [4.69, 9.17) is 16.3 Å². The van der Waals surface area contributed by atoms with E-state index < -0.39 is 10.0 Å². The van der Waals surface area contributed by atoms with Gasteiger partial charge in [0.1, 0.15) is 4.90 Å². The Hall–Kier alpha value is -1.41. The molecule has 0 bridgehead atoms. The fourth-order valence-corrected chi connectivity index (χ4v) is 4.79. The van der Waals surface area contributed by atoms with Crippen LogP contribution in [0.25, 0.3) is 0 Å². The summed E-state index contributed by atoms with van der Waals surface area (Å²) in [4.78, 5) is 0.304. The van der Waals surface area contributed by atoms with E-state index in [0.717, 1.165) is 5.56 Å². The van der Waals surface area contributed by atoms with Crippen LogP contribution in [-0.2, 0) is 21.3 Å². The van der Waals surface area contributed by atoms with Crippen molar-refractivity contribution in [3.63, 3.8) is 0 Å². The fourth-order valence-electron chi connectivity index (χ4n) is 2.89. The highest BCUT2D eigenvalue weighted by atomic mass is 35.5. The Morgan fingerprint density at radius 1 is 1.17 bits per heavy atom. The van der Waals surface area contributed by atoms with Gasteiger partial charge in [-0.15, -0.1) is 0 Å². The molecule has 24 heavy (non-hydrogen) atoms. The molecule has 1 fully saturated rings. The molecule has 3 rings (SSSR count). The number of hydrogen-bond acceptors (Lipinski definition) is 4. The fraction of sp³-hybridized carbons (Fsp3) is 0.438. The number of rotatable bonds is 4. The standard InChI is InChI=1S/C16H20ClN3O3S/c1-12-16(24(21,22)19-7-9-23-10-8-19)13(2)20(18-12)11-14-3-5-15(17)6-4-14/h3-6H,7-11H2,1-2H3. The van der Waals surface area contributed by atoms with Crippen molar-refractivity contribution >= 4 is 21.6 Å². The summed E-state index contributed by atoms with van der Waals surface area (Å²) in [5.74, 6) is 0. The van der Waals surface area contributed by atoms with E-state index in [1.54, 1.807) is 18.5 Å². The molecule has 0 saturated carbocycles. The minimum Gasteiger partial charge on any atom is -0.379 e. The van der Waals surface area contributed by atoms with Crippen molar-refractivity contribution in [3.8, 4) is 0 Å². The average molecular weight is 370 g/mol. The van der Waals surface area contributed by atoms with Crippen LogP contribution >= 0.6 is 11.6 Å². The molecule has 1 aromatic heterocycles. The van der Waals surface area contributed by atoms with E-state index in [1.807, 2.05) is 24.3 Å². The molecule has 8 heteroatoms. The molecule has 130 valence electrons. The summed E-state index contributed by atoms with van der Waals surface area (Å²) in [6.07, 6.45) is 0. The number of morpholine rings is 1.